The Kier molecular flexibility index (Phi) is 5.68. The molecule has 1 aliphatic rings. The van der Waals surface area contributed by atoms with E-state index in [0.29, 0.717) is 11.5 Å². The second kappa shape index (κ2) is 8.71. The van der Waals surface area contributed by atoms with Crippen molar-refractivity contribution in [3.8, 4) is 11.5 Å². The number of likely N-dealkylation sites (tertiary alicyclic amines) is 1. The first kappa shape index (κ1) is 18.3. The zero-order chi connectivity index (χ0) is 19.2. The van der Waals surface area contributed by atoms with Gasteiger partial charge in [0, 0.05) is 24.0 Å². The monoisotopic (exact) mass is 377 g/mol. The summed E-state index contributed by atoms with van der Waals surface area (Å²) in [7, 11) is 0. The lowest BCUT2D eigenvalue weighted by atomic mass is 10.0. The van der Waals surface area contributed by atoms with E-state index in [4.69, 9.17) is 9.15 Å². The van der Waals surface area contributed by atoms with Gasteiger partial charge < -0.3 is 14.5 Å². The third-order valence-corrected chi connectivity index (χ3v) is 4.87. The topological polar surface area (TPSA) is 67.6 Å². The molecule has 1 fully saturated rings. The van der Waals surface area contributed by atoms with Crippen LogP contribution in [0.2, 0.25) is 0 Å². The Bertz CT molecular complexity index is 879. The van der Waals surface area contributed by atoms with Crippen molar-refractivity contribution in [2.24, 2.45) is 0 Å². The first-order chi connectivity index (χ1) is 13.8. The van der Waals surface area contributed by atoms with E-state index in [1.165, 1.54) is 0 Å². The van der Waals surface area contributed by atoms with Crippen LogP contribution in [0, 0.1) is 0 Å². The molecule has 6 nitrogen and oxygen atoms in total. The van der Waals surface area contributed by atoms with Crippen LogP contribution in [0.3, 0.4) is 0 Å². The normalized spacial score (nSPS) is 17.2. The summed E-state index contributed by atoms with van der Waals surface area (Å²) in [6, 6.07) is 12.9. The Morgan fingerprint density at radius 1 is 1.18 bits per heavy atom. The molecule has 1 aliphatic heterocycles. The van der Waals surface area contributed by atoms with Crippen LogP contribution in [-0.2, 0) is 11.3 Å². The molecular formula is C22H23N3O3. The molecule has 1 atom stereocenters. The summed E-state index contributed by atoms with van der Waals surface area (Å²) in [5, 5.41) is 3.04. The van der Waals surface area contributed by atoms with E-state index in [0.717, 1.165) is 43.6 Å². The Hall–Kier alpha value is -3.12. The van der Waals surface area contributed by atoms with Gasteiger partial charge in [-0.3, -0.25) is 14.7 Å². The van der Waals surface area contributed by atoms with Crippen molar-refractivity contribution in [1.82, 2.24) is 9.88 Å². The number of carbonyl (C=O) groups is 1. The Labute approximate surface area is 164 Å². The molecule has 0 saturated carbocycles. The minimum atomic E-state index is -0.130. The van der Waals surface area contributed by atoms with Crippen LogP contribution >= 0.6 is 0 Å². The second-order valence-corrected chi connectivity index (χ2v) is 6.92. The van der Waals surface area contributed by atoms with E-state index >= 15 is 0 Å². The molecular weight excluding hydrogens is 354 g/mol. The largest absolute Gasteiger partial charge is 0.472 e. The number of aromatic nitrogens is 1. The molecule has 6 heteroatoms. The van der Waals surface area contributed by atoms with E-state index < -0.39 is 0 Å². The summed E-state index contributed by atoms with van der Waals surface area (Å²) in [5.41, 5.74) is 1.86. The number of nitrogens with one attached hydrogen (secondary N) is 1. The average Bonchev–Trinajstić information content (AvgIpc) is 3.24. The molecule has 1 aromatic carbocycles. The van der Waals surface area contributed by atoms with Crippen molar-refractivity contribution in [1.29, 1.82) is 0 Å². The van der Waals surface area contributed by atoms with Crippen LogP contribution in [0.1, 0.15) is 24.8 Å². The number of piperidine rings is 1. The Balaban J connectivity index is 1.37. The number of rotatable bonds is 6. The molecule has 2 aromatic heterocycles. The maximum Gasteiger partial charge on any atom is 0.241 e. The van der Waals surface area contributed by atoms with E-state index in [1.54, 1.807) is 24.9 Å². The number of benzene rings is 1. The highest BCUT2D eigenvalue weighted by molar-refractivity contribution is 5.94. The minimum absolute atomic E-state index is 0.0316. The Morgan fingerprint density at radius 3 is 2.82 bits per heavy atom. The number of furan rings is 1. The highest BCUT2D eigenvalue weighted by Crippen LogP contribution is 2.24. The van der Waals surface area contributed by atoms with Crippen LogP contribution in [0.4, 0.5) is 5.69 Å². The van der Waals surface area contributed by atoms with Crippen LogP contribution in [-0.4, -0.2) is 28.4 Å². The number of hydrogen-bond acceptors (Lipinski definition) is 5. The highest BCUT2D eigenvalue weighted by atomic mass is 16.5. The van der Waals surface area contributed by atoms with E-state index in [2.05, 4.69) is 15.2 Å². The quantitative estimate of drug-likeness (QED) is 0.687. The number of carbonyl (C=O) groups excluding carboxylic acids is 1. The zero-order valence-corrected chi connectivity index (χ0v) is 15.6. The number of amides is 1. The van der Waals surface area contributed by atoms with Crippen LogP contribution in [0.5, 0.6) is 11.5 Å². The van der Waals surface area contributed by atoms with Crippen molar-refractivity contribution < 1.29 is 13.9 Å². The predicted octanol–water partition coefficient (Wildman–Crippen LogP) is 4.46. The van der Waals surface area contributed by atoms with Crippen molar-refractivity contribution in [2.45, 2.75) is 31.8 Å². The lowest BCUT2D eigenvalue weighted by molar-refractivity contribution is -0.122. The number of anilines is 1. The van der Waals surface area contributed by atoms with Gasteiger partial charge in [-0.1, -0.05) is 6.42 Å². The molecule has 3 aromatic rings. The van der Waals surface area contributed by atoms with E-state index in [1.807, 2.05) is 42.5 Å². The van der Waals surface area contributed by atoms with E-state index in [9.17, 15) is 4.79 Å². The fourth-order valence-corrected chi connectivity index (χ4v) is 3.47. The lowest BCUT2D eigenvalue weighted by Gasteiger charge is -2.34. The molecule has 0 bridgehead atoms. The maximum absolute atomic E-state index is 12.9. The molecule has 1 N–H and O–H groups in total. The summed E-state index contributed by atoms with van der Waals surface area (Å²) in [6.07, 6.45) is 9.82. The first-order valence-electron chi connectivity index (χ1n) is 9.52. The van der Waals surface area contributed by atoms with Gasteiger partial charge in [-0.25, -0.2) is 0 Å². The number of hydrogen-bond donors (Lipinski definition) is 1. The van der Waals surface area contributed by atoms with Crippen molar-refractivity contribution in [2.75, 3.05) is 11.9 Å². The molecule has 0 aliphatic carbocycles. The third-order valence-electron chi connectivity index (χ3n) is 4.87. The van der Waals surface area contributed by atoms with Gasteiger partial charge in [0.2, 0.25) is 5.91 Å². The molecule has 3 heterocycles. The third kappa shape index (κ3) is 4.58. The van der Waals surface area contributed by atoms with Crippen molar-refractivity contribution in [3.63, 3.8) is 0 Å². The molecule has 0 unspecified atom stereocenters. The number of ether oxygens (including phenoxy) is 1. The highest BCUT2D eigenvalue weighted by Gasteiger charge is 2.28. The molecule has 144 valence electrons. The van der Waals surface area contributed by atoms with Gasteiger partial charge >= 0.3 is 0 Å². The average molecular weight is 377 g/mol. The number of pyridine rings is 1. The summed E-state index contributed by atoms with van der Waals surface area (Å²) < 4.78 is 10.9. The van der Waals surface area contributed by atoms with E-state index in [-0.39, 0.29) is 11.9 Å². The van der Waals surface area contributed by atoms with Crippen molar-refractivity contribution >= 4 is 11.6 Å². The predicted molar refractivity (Wildman–Crippen MR) is 106 cm³/mol. The SMILES string of the molecule is O=C(Nc1ccc(Oc2cccnc2)cc1)[C@@H]1CCCCN1Cc1ccoc1. The smallest absolute Gasteiger partial charge is 0.241 e. The molecule has 28 heavy (non-hydrogen) atoms. The van der Waals surface area contributed by atoms with Gasteiger partial charge in [0.25, 0.3) is 0 Å². The standard InChI is InChI=1S/C22H23N3O3/c26-22(21-5-1-2-12-25(21)15-17-10-13-27-16-17)24-18-6-8-19(9-7-18)28-20-4-3-11-23-14-20/h3-4,6-11,13-14,16,21H,1-2,5,12,15H2,(H,24,26)/t21-/m0/s1. The van der Waals surface area contributed by atoms with Crippen molar-refractivity contribution in [3.05, 3.63) is 72.9 Å². The van der Waals surface area contributed by atoms with Crippen LogP contribution in [0.15, 0.2) is 71.8 Å². The summed E-state index contributed by atoms with van der Waals surface area (Å²) in [4.78, 5) is 19.1. The van der Waals surface area contributed by atoms with Gasteiger partial charge in [0.1, 0.15) is 11.5 Å². The Morgan fingerprint density at radius 2 is 2.07 bits per heavy atom. The fraction of sp³-hybridized carbons (Fsp3) is 0.273. The fourth-order valence-electron chi connectivity index (χ4n) is 3.47. The molecule has 1 amide bonds. The zero-order valence-electron chi connectivity index (χ0n) is 15.6. The summed E-state index contributed by atoms with van der Waals surface area (Å²) in [5.74, 6) is 1.41. The molecule has 0 radical (unpaired) electrons. The van der Waals surface area contributed by atoms with Gasteiger partial charge in [-0.15, -0.1) is 0 Å². The maximum atomic E-state index is 12.9. The molecule has 0 spiro atoms. The summed E-state index contributed by atoms with van der Waals surface area (Å²) in [6.45, 7) is 1.65. The van der Waals surface area contributed by atoms with Crippen LogP contribution in [0.25, 0.3) is 0 Å². The van der Waals surface area contributed by atoms with Gasteiger partial charge in [-0.05, 0) is 61.9 Å². The minimum Gasteiger partial charge on any atom is -0.472 e. The molecule has 1 saturated heterocycles. The number of nitrogens with zero attached hydrogens (tertiary/aromatic N) is 2. The van der Waals surface area contributed by atoms with Gasteiger partial charge in [-0.2, -0.15) is 0 Å². The second-order valence-electron chi connectivity index (χ2n) is 6.92. The van der Waals surface area contributed by atoms with Crippen LogP contribution < -0.4 is 10.1 Å². The lowest BCUT2D eigenvalue weighted by Crippen LogP contribution is -2.46. The molecule has 4 rings (SSSR count). The first-order valence-corrected chi connectivity index (χ1v) is 9.52. The van der Waals surface area contributed by atoms with Gasteiger partial charge in [0.05, 0.1) is 24.8 Å². The summed E-state index contributed by atoms with van der Waals surface area (Å²) >= 11 is 0. The van der Waals surface area contributed by atoms with Gasteiger partial charge in [0.15, 0.2) is 0 Å².